The Morgan fingerprint density at radius 1 is 0.247 bits per heavy atom. The number of hydrogen-bond acceptors (Lipinski definition) is 2. The molecule has 0 aliphatic heterocycles. The molecular weight excluding hydrogens is 933 g/mol. The van der Waals surface area contributed by atoms with E-state index in [2.05, 4.69) is 60.7 Å². The van der Waals surface area contributed by atoms with Crippen molar-refractivity contribution < 1.29 is 9.53 Å². The minimum Gasteiger partial charge on any atom is -0.448 e. The fourth-order valence-corrected chi connectivity index (χ4v) is 25.7. The number of benzene rings is 20. The molecule has 2 nitrogen and oxygen atoms in total. The van der Waals surface area contributed by atoms with Crippen LogP contribution in [0.25, 0.3) is 291 Å². The highest BCUT2D eigenvalue weighted by atomic mass is 16.6. The van der Waals surface area contributed by atoms with E-state index in [-0.39, 0.29) is 12.4 Å². The van der Waals surface area contributed by atoms with Crippen molar-refractivity contribution in [3.63, 3.8) is 0 Å². The smallest absolute Gasteiger partial charge is 0.311 e. The lowest BCUT2D eigenvalue weighted by Crippen LogP contribution is -2.56. The van der Waals surface area contributed by atoms with Crippen LogP contribution >= 0.6 is 0 Å². The zero-order chi connectivity index (χ0) is 46.4. The molecule has 4 aliphatic carbocycles. The van der Waals surface area contributed by atoms with Crippen molar-refractivity contribution in [3.8, 4) is 0 Å². The molecule has 0 bridgehead atoms. The summed E-state index contributed by atoms with van der Waals surface area (Å²) >= 11 is 0. The molecule has 0 aromatic heterocycles. The predicted molar refractivity (Wildman–Crippen MR) is 320 cm³/mol. The molecule has 0 saturated carbocycles. The van der Waals surface area contributed by atoms with Gasteiger partial charge in [0.25, 0.3) is 0 Å². The highest BCUT2D eigenvalue weighted by Crippen LogP contribution is 2.85. The van der Waals surface area contributed by atoms with Gasteiger partial charge in [0.15, 0.2) is 5.60 Å². The summed E-state index contributed by atoms with van der Waals surface area (Å²) in [5.74, 6) is -0.110. The molecule has 0 amide bonds. The quantitative estimate of drug-likeness (QED) is 0.127. The molecule has 77 heavy (non-hydrogen) atoms. The lowest BCUT2D eigenvalue weighted by Gasteiger charge is -2.53. The van der Waals surface area contributed by atoms with E-state index < -0.39 is 11.0 Å². The van der Waals surface area contributed by atoms with Gasteiger partial charge in [-0.25, -0.2) is 0 Å². The normalized spacial score (nSPS) is 20.7. The Balaban J connectivity index is 1.08. The molecule has 4 aliphatic rings. The van der Waals surface area contributed by atoms with Crippen LogP contribution < -0.4 is 0 Å². The molecule has 0 radical (unpaired) electrons. The Kier molecular flexibility index (Phi) is 2.81. The lowest BCUT2D eigenvalue weighted by molar-refractivity contribution is -0.161. The summed E-state index contributed by atoms with van der Waals surface area (Å²) in [7, 11) is 0. The maximum absolute atomic E-state index is 16.3. The second-order valence-electron chi connectivity index (χ2n) is 27.1. The van der Waals surface area contributed by atoms with E-state index in [9.17, 15) is 0 Å². The van der Waals surface area contributed by atoms with Gasteiger partial charge in [0.05, 0.1) is 11.8 Å². The predicted octanol–water partition coefficient (Wildman–Crippen LogP) is 19.3. The Bertz CT molecular complexity index is 7570. The minimum absolute atomic E-state index is 0.110. The van der Waals surface area contributed by atoms with Crippen molar-refractivity contribution >= 4 is 297 Å². The van der Waals surface area contributed by atoms with Gasteiger partial charge in [-0.2, -0.15) is 0 Å². The van der Waals surface area contributed by atoms with Gasteiger partial charge in [0.2, 0.25) is 0 Å². The molecule has 0 fully saturated rings. The number of hydrogen-bond donors (Lipinski definition) is 0. The van der Waals surface area contributed by atoms with Crippen LogP contribution in [0.3, 0.4) is 0 Å². The molecule has 30 aromatic carbocycles. The van der Waals surface area contributed by atoms with Crippen molar-refractivity contribution in [2.24, 2.45) is 0 Å². The number of carbonyl (C=O) groups is 1. The zero-order valence-electron chi connectivity index (χ0n) is 39.5. The number of carbonyl (C=O) groups excluding carboxylic acids is 1. The van der Waals surface area contributed by atoms with E-state index in [4.69, 9.17) is 4.74 Å². The fraction of sp³-hybridized carbons (Fsp3) is 0.0533. The maximum atomic E-state index is 16.3. The van der Waals surface area contributed by atoms with Gasteiger partial charge in [-0.1, -0.05) is 60.7 Å². The summed E-state index contributed by atoms with van der Waals surface area (Å²) in [6.07, 6.45) is 0.984. The monoisotopic (exact) mass is 946 g/mol. The van der Waals surface area contributed by atoms with Gasteiger partial charge in [-0.3, -0.25) is 4.79 Å². The van der Waals surface area contributed by atoms with Crippen molar-refractivity contribution in [2.75, 3.05) is 0 Å². The van der Waals surface area contributed by atoms with Crippen molar-refractivity contribution in [1.29, 1.82) is 0 Å². The molecule has 0 N–H and O–H groups in total. The molecule has 0 heterocycles. The van der Waals surface area contributed by atoms with Gasteiger partial charge >= 0.3 is 5.97 Å². The standard InChI is InChI=1S/C75H14O2/c76-15(11-13-7-3-1-4-8-13)77-75-72-66-60-50-38-30-22-18-16-17-20-24(22)32(38)42-36-28(20)29-21(17)25-23-19(16)27-26(18)34-40(30)48-54-44(34)45-35(27)41-31(23)39-33(25)43-37(29)47-46(36)58(52(42)60)68(72)69-59(47)53(43)61-51(39)57-49(41)55(45)63-62(54)70(64(66)56(48)50)74(75,12-14-9-5-2-6-10-14)71(63)65(57)67(61)73(69)75/h1-10H,11-12H2. The minimum atomic E-state index is -1.14. The first-order valence-corrected chi connectivity index (χ1v) is 28.3. The van der Waals surface area contributed by atoms with Gasteiger partial charge < -0.3 is 4.74 Å². The van der Waals surface area contributed by atoms with Gasteiger partial charge in [0, 0.05) is 11.1 Å². The first-order chi connectivity index (χ1) is 38.3. The molecule has 30 aromatic rings. The molecule has 0 saturated heterocycles. The molecule has 0 spiro atoms. The summed E-state index contributed by atoms with van der Waals surface area (Å²) in [6.45, 7) is 0. The molecule has 2 heteroatoms. The number of rotatable bonds is 5. The van der Waals surface area contributed by atoms with Crippen molar-refractivity contribution in [1.82, 2.24) is 0 Å². The Hall–Kier alpha value is -9.63. The second-order valence-corrected chi connectivity index (χ2v) is 27.1. The lowest BCUT2D eigenvalue weighted by atomic mass is 9.52. The topological polar surface area (TPSA) is 26.3 Å². The maximum Gasteiger partial charge on any atom is 0.311 e. The van der Waals surface area contributed by atoms with E-state index in [1.54, 1.807) is 194 Å². The van der Waals surface area contributed by atoms with E-state index >= 15 is 4.79 Å². The molecular formula is C75H14O2. The third-order valence-electron chi connectivity index (χ3n) is 26.2. The largest absolute Gasteiger partial charge is 0.448 e. The first-order valence-electron chi connectivity index (χ1n) is 28.3. The van der Waals surface area contributed by atoms with Gasteiger partial charge in [-0.15, -0.1) is 0 Å². The Morgan fingerprint density at radius 3 is 0.675 bits per heavy atom. The van der Waals surface area contributed by atoms with Crippen LogP contribution in [0.5, 0.6) is 0 Å². The first kappa shape index (κ1) is 30.1. The highest BCUT2D eigenvalue weighted by Gasteiger charge is 2.72. The molecule has 34 rings (SSSR count). The van der Waals surface area contributed by atoms with Crippen LogP contribution in [0.4, 0.5) is 0 Å². The van der Waals surface area contributed by atoms with Crippen LogP contribution in [-0.4, -0.2) is 5.97 Å². The average Bonchev–Trinajstić information content (AvgIpc) is 4.34. The number of ether oxygens (including phenoxy) is 1. The highest BCUT2D eigenvalue weighted by molar-refractivity contribution is 6.82. The van der Waals surface area contributed by atoms with E-state index in [0.717, 1.165) is 12.0 Å². The van der Waals surface area contributed by atoms with Crippen LogP contribution in [0.2, 0.25) is 0 Å². The van der Waals surface area contributed by atoms with E-state index in [1.807, 2.05) is 0 Å². The fourth-order valence-electron chi connectivity index (χ4n) is 25.7. The molecule has 326 valence electrons. The van der Waals surface area contributed by atoms with Crippen LogP contribution in [-0.2, 0) is 33.4 Å². The van der Waals surface area contributed by atoms with Crippen LogP contribution in [0.1, 0.15) is 33.4 Å². The molecule has 0 atom stereocenters. The summed E-state index contributed by atoms with van der Waals surface area (Å²) in [6, 6.07) is 22.1. The summed E-state index contributed by atoms with van der Waals surface area (Å²) in [5.41, 5.74) is 6.15. The summed E-state index contributed by atoms with van der Waals surface area (Å²) in [5, 5.41) is 83.8. The summed E-state index contributed by atoms with van der Waals surface area (Å²) in [4.78, 5) is 16.3. The third-order valence-corrected chi connectivity index (χ3v) is 26.2. The van der Waals surface area contributed by atoms with Crippen molar-refractivity contribution in [3.05, 3.63) is 94.0 Å². The second kappa shape index (κ2) is 7.21. The Morgan fingerprint density at radius 2 is 0.442 bits per heavy atom. The Labute approximate surface area is 421 Å². The van der Waals surface area contributed by atoms with Crippen LogP contribution in [0, 0.1) is 0 Å². The average molecular weight is 947 g/mol. The third kappa shape index (κ3) is 1.78. The van der Waals surface area contributed by atoms with E-state index in [1.165, 1.54) is 125 Å². The van der Waals surface area contributed by atoms with Gasteiger partial charge in [0.1, 0.15) is 0 Å². The van der Waals surface area contributed by atoms with Crippen molar-refractivity contribution in [2.45, 2.75) is 23.9 Å². The summed E-state index contributed by atoms with van der Waals surface area (Å²) < 4.78 is 8.42. The SMILES string of the molecule is O=C(Cc1ccccc1)OC12c3c4c5c6c7c8c(c9c%10c1c1c3c3c%11c4c4c5c5c7c7c%12c8c8c9c9c%10c%10c1c1c3c3c%11c%11c4c4c5c7c5c7c%12c8c8c9c9c%10c1c1c3c3c%11c4c5c4c7c8c9c1c34)C62Cc1ccccc1. The van der Waals surface area contributed by atoms with E-state index in [0.29, 0.717) is 0 Å². The zero-order valence-corrected chi connectivity index (χ0v) is 39.5. The van der Waals surface area contributed by atoms with Gasteiger partial charge in [-0.05, 0) is 320 Å². The molecule has 0 unspecified atom stereocenters. The van der Waals surface area contributed by atoms with Crippen LogP contribution in [0.15, 0.2) is 60.7 Å². The number of esters is 1.